The Kier molecular flexibility index (Phi) is 5.23. The number of benzene rings is 1. The van der Waals surface area contributed by atoms with Crippen LogP contribution in [0, 0.1) is 11.7 Å². The first-order valence-corrected chi connectivity index (χ1v) is 6.08. The summed E-state index contributed by atoms with van der Waals surface area (Å²) in [6.45, 7) is 4.11. The van der Waals surface area contributed by atoms with Crippen LogP contribution in [0.5, 0.6) is 0 Å². The van der Waals surface area contributed by atoms with Gasteiger partial charge in [-0.3, -0.25) is 0 Å². The van der Waals surface area contributed by atoms with Crippen molar-refractivity contribution < 1.29 is 9.50 Å². The summed E-state index contributed by atoms with van der Waals surface area (Å²) in [4.78, 5) is 0. The van der Waals surface area contributed by atoms with Gasteiger partial charge in [0.15, 0.2) is 0 Å². The molecule has 0 aliphatic carbocycles. The van der Waals surface area contributed by atoms with Gasteiger partial charge in [0, 0.05) is 0 Å². The fraction of sp³-hybridized carbons (Fsp3) is 0.538. The van der Waals surface area contributed by atoms with Crippen LogP contribution in [0.25, 0.3) is 0 Å². The molecule has 1 nitrogen and oxygen atoms in total. The van der Waals surface area contributed by atoms with Gasteiger partial charge >= 0.3 is 0 Å². The molecule has 0 spiro atoms. The van der Waals surface area contributed by atoms with Crippen LogP contribution in [0.1, 0.15) is 32.3 Å². The van der Waals surface area contributed by atoms with Crippen molar-refractivity contribution >= 4 is 11.6 Å². The Morgan fingerprint density at radius 3 is 2.44 bits per heavy atom. The molecule has 3 heteroatoms. The van der Waals surface area contributed by atoms with Crippen LogP contribution in [0.3, 0.4) is 0 Å². The Balaban J connectivity index is 2.69. The van der Waals surface area contributed by atoms with Crippen LogP contribution in [0.15, 0.2) is 18.2 Å². The van der Waals surface area contributed by atoms with Gasteiger partial charge in [0.25, 0.3) is 0 Å². The lowest BCUT2D eigenvalue weighted by Crippen LogP contribution is -2.21. The molecule has 16 heavy (non-hydrogen) atoms. The van der Waals surface area contributed by atoms with E-state index in [1.807, 2.05) is 0 Å². The standard InChI is InChI=1S/C13H18ClFO/c1-3-10(4-2)13(16)8-9-5-6-11(14)12(15)7-9/h5-7,10,13,16H,3-4,8H2,1-2H3. The van der Waals surface area contributed by atoms with Crippen molar-refractivity contribution in [1.82, 2.24) is 0 Å². The molecule has 1 N–H and O–H groups in total. The van der Waals surface area contributed by atoms with E-state index in [0.29, 0.717) is 6.42 Å². The quantitative estimate of drug-likeness (QED) is 0.835. The van der Waals surface area contributed by atoms with Gasteiger partial charge in [-0.2, -0.15) is 0 Å². The molecule has 0 bridgehead atoms. The molecule has 1 unspecified atom stereocenters. The average molecular weight is 245 g/mol. The fourth-order valence-corrected chi connectivity index (χ4v) is 2.03. The van der Waals surface area contributed by atoms with Gasteiger partial charge in [-0.25, -0.2) is 4.39 Å². The summed E-state index contributed by atoms with van der Waals surface area (Å²) >= 11 is 5.60. The SMILES string of the molecule is CCC(CC)C(O)Cc1ccc(Cl)c(F)c1. The van der Waals surface area contributed by atoms with E-state index in [2.05, 4.69) is 13.8 Å². The Labute approximate surface area is 101 Å². The summed E-state index contributed by atoms with van der Waals surface area (Å²) in [5.41, 5.74) is 0.793. The molecule has 0 aliphatic heterocycles. The second-order valence-electron chi connectivity index (χ2n) is 4.10. The highest BCUT2D eigenvalue weighted by Crippen LogP contribution is 2.20. The van der Waals surface area contributed by atoms with Crippen molar-refractivity contribution in [2.24, 2.45) is 5.92 Å². The molecule has 0 heterocycles. The third kappa shape index (κ3) is 3.46. The van der Waals surface area contributed by atoms with Gasteiger partial charge in [-0.05, 0) is 30.0 Å². The first-order chi connectivity index (χ1) is 7.58. The minimum atomic E-state index is -0.420. The second kappa shape index (κ2) is 6.21. The van der Waals surface area contributed by atoms with Gasteiger partial charge in [0.2, 0.25) is 0 Å². The van der Waals surface area contributed by atoms with Crippen LogP contribution in [0.4, 0.5) is 4.39 Å². The van der Waals surface area contributed by atoms with E-state index in [-0.39, 0.29) is 10.9 Å². The summed E-state index contributed by atoms with van der Waals surface area (Å²) in [6.07, 6.45) is 1.96. The molecule has 0 fully saturated rings. The van der Waals surface area contributed by atoms with Crippen molar-refractivity contribution in [2.75, 3.05) is 0 Å². The average Bonchev–Trinajstić information content (AvgIpc) is 2.25. The molecule has 0 radical (unpaired) electrons. The van der Waals surface area contributed by atoms with Gasteiger partial charge in [0.1, 0.15) is 5.82 Å². The molecule has 0 saturated carbocycles. The number of hydrogen-bond donors (Lipinski definition) is 1. The molecule has 90 valence electrons. The smallest absolute Gasteiger partial charge is 0.142 e. The van der Waals surface area contributed by atoms with E-state index in [4.69, 9.17) is 11.6 Å². The van der Waals surface area contributed by atoms with E-state index < -0.39 is 11.9 Å². The van der Waals surface area contributed by atoms with Crippen LogP contribution >= 0.6 is 11.6 Å². The maximum absolute atomic E-state index is 13.2. The minimum absolute atomic E-state index is 0.126. The maximum atomic E-state index is 13.2. The second-order valence-corrected chi connectivity index (χ2v) is 4.50. The number of aliphatic hydroxyl groups is 1. The molecular formula is C13H18ClFO. The maximum Gasteiger partial charge on any atom is 0.142 e. The normalized spacial score (nSPS) is 13.1. The van der Waals surface area contributed by atoms with Crippen molar-refractivity contribution in [1.29, 1.82) is 0 Å². The van der Waals surface area contributed by atoms with Crippen molar-refractivity contribution in [3.63, 3.8) is 0 Å². The Morgan fingerprint density at radius 2 is 1.94 bits per heavy atom. The first-order valence-electron chi connectivity index (χ1n) is 5.70. The lowest BCUT2D eigenvalue weighted by Gasteiger charge is -2.20. The number of hydrogen-bond acceptors (Lipinski definition) is 1. The van der Waals surface area contributed by atoms with Crippen molar-refractivity contribution in [3.8, 4) is 0 Å². The fourth-order valence-electron chi connectivity index (χ4n) is 1.91. The Morgan fingerprint density at radius 1 is 1.31 bits per heavy atom. The molecule has 0 saturated heterocycles. The van der Waals surface area contributed by atoms with Crippen LogP contribution in [-0.2, 0) is 6.42 Å². The van der Waals surface area contributed by atoms with Gasteiger partial charge in [-0.15, -0.1) is 0 Å². The van der Waals surface area contributed by atoms with Crippen LogP contribution in [-0.4, -0.2) is 11.2 Å². The summed E-state index contributed by atoms with van der Waals surface area (Å²) in [6, 6.07) is 4.69. The highest BCUT2D eigenvalue weighted by atomic mass is 35.5. The van der Waals surface area contributed by atoms with E-state index in [1.165, 1.54) is 12.1 Å². The summed E-state index contributed by atoms with van der Waals surface area (Å²) in [5.74, 6) is -0.144. The van der Waals surface area contributed by atoms with E-state index in [0.717, 1.165) is 18.4 Å². The predicted octanol–water partition coefficient (Wildman–Crippen LogP) is 3.82. The first kappa shape index (κ1) is 13.5. The van der Waals surface area contributed by atoms with E-state index in [1.54, 1.807) is 6.07 Å². The summed E-state index contributed by atoms with van der Waals surface area (Å²) in [5, 5.41) is 10.1. The molecule has 0 amide bonds. The molecule has 0 aromatic heterocycles. The highest BCUT2D eigenvalue weighted by molar-refractivity contribution is 6.30. The molecule has 0 aliphatic rings. The molecule has 1 aromatic carbocycles. The molecule has 1 rings (SSSR count). The number of aliphatic hydroxyl groups excluding tert-OH is 1. The topological polar surface area (TPSA) is 20.2 Å². The van der Waals surface area contributed by atoms with Gasteiger partial charge in [0.05, 0.1) is 11.1 Å². The third-order valence-corrected chi connectivity index (χ3v) is 3.33. The number of halogens is 2. The third-order valence-electron chi connectivity index (χ3n) is 3.02. The van der Waals surface area contributed by atoms with Crippen molar-refractivity contribution in [3.05, 3.63) is 34.6 Å². The monoisotopic (exact) mass is 244 g/mol. The molecular weight excluding hydrogens is 227 g/mol. The molecule has 1 atom stereocenters. The Bertz CT molecular complexity index is 337. The predicted molar refractivity (Wildman–Crippen MR) is 65.2 cm³/mol. The van der Waals surface area contributed by atoms with Gasteiger partial charge in [-0.1, -0.05) is 44.4 Å². The van der Waals surface area contributed by atoms with Crippen molar-refractivity contribution in [2.45, 2.75) is 39.2 Å². The zero-order chi connectivity index (χ0) is 12.1. The lowest BCUT2D eigenvalue weighted by molar-refractivity contribution is 0.103. The lowest BCUT2D eigenvalue weighted by atomic mass is 9.92. The summed E-state index contributed by atoms with van der Waals surface area (Å²) < 4.78 is 13.2. The van der Waals surface area contributed by atoms with Crippen LogP contribution < -0.4 is 0 Å². The summed E-state index contributed by atoms with van der Waals surface area (Å²) in [7, 11) is 0. The minimum Gasteiger partial charge on any atom is -0.392 e. The largest absolute Gasteiger partial charge is 0.392 e. The zero-order valence-electron chi connectivity index (χ0n) is 9.71. The number of rotatable bonds is 5. The highest BCUT2D eigenvalue weighted by Gasteiger charge is 2.16. The Hall–Kier alpha value is -0.600. The zero-order valence-corrected chi connectivity index (χ0v) is 10.5. The van der Waals surface area contributed by atoms with E-state index >= 15 is 0 Å². The van der Waals surface area contributed by atoms with Crippen LogP contribution in [0.2, 0.25) is 5.02 Å². The van der Waals surface area contributed by atoms with Gasteiger partial charge < -0.3 is 5.11 Å². The molecule has 1 aromatic rings. The van der Waals surface area contributed by atoms with E-state index in [9.17, 15) is 9.50 Å².